The van der Waals surface area contributed by atoms with Gasteiger partial charge in [0.2, 0.25) is 0 Å². The second-order valence-electron chi connectivity index (χ2n) is 3.69. The second kappa shape index (κ2) is 3.81. The molecule has 16 heavy (non-hydrogen) atoms. The first-order valence-corrected chi connectivity index (χ1v) is 5.25. The summed E-state index contributed by atoms with van der Waals surface area (Å²) in [7, 11) is 0. The fraction of sp³-hybridized carbons (Fsp3) is 0. The molecule has 1 radical (unpaired) electrons. The van der Waals surface area contributed by atoms with Crippen molar-refractivity contribution < 1.29 is 0 Å². The quantitative estimate of drug-likeness (QED) is 0.687. The van der Waals surface area contributed by atoms with Crippen LogP contribution < -0.4 is 0 Å². The van der Waals surface area contributed by atoms with Gasteiger partial charge in [-0.05, 0) is 23.8 Å². The monoisotopic (exact) mass is 207 g/mol. The number of aromatic amines is 1. The highest BCUT2D eigenvalue weighted by Crippen LogP contribution is 2.19. The van der Waals surface area contributed by atoms with Gasteiger partial charge in [-0.3, -0.25) is 4.98 Å². The van der Waals surface area contributed by atoms with E-state index in [1.807, 2.05) is 30.6 Å². The molecule has 0 atom stereocenters. The Kier molecular flexibility index (Phi) is 2.18. The number of para-hydroxylation sites is 1. The molecule has 0 spiro atoms. The molecular formula is C14H11N2. The summed E-state index contributed by atoms with van der Waals surface area (Å²) in [5.74, 6) is 0. The molecule has 0 bridgehead atoms. The van der Waals surface area contributed by atoms with Crippen molar-refractivity contribution in [3.8, 4) is 0 Å². The van der Waals surface area contributed by atoms with Crippen LogP contribution in [-0.4, -0.2) is 9.97 Å². The van der Waals surface area contributed by atoms with Gasteiger partial charge in [0.1, 0.15) is 0 Å². The summed E-state index contributed by atoms with van der Waals surface area (Å²) in [5, 5.41) is 1.17. The van der Waals surface area contributed by atoms with Crippen LogP contribution in [0, 0.1) is 6.42 Å². The molecule has 0 unspecified atom stereocenters. The zero-order valence-corrected chi connectivity index (χ0v) is 8.72. The van der Waals surface area contributed by atoms with E-state index < -0.39 is 0 Å². The van der Waals surface area contributed by atoms with Crippen molar-refractivity contribution in [2.24, 2.45) is 0 Å². The maximum absolute atomic E-state index is 4.42. The predicted molar refractivity (Wildman–Crippen MR) is 65.0 cm³/mol. The molecule has 2 heterocycles. The van der Waals surface area contributed by atoms with Crippen LogP contribution in [-0.2, 0) is 0 Å². The van der Waals surface area contributed by atoms with Crippen LogP contribution in [0.15, 0.2) is 54.9 Å². The molecule has 0 saturated carbocycles. The zero-order valence-electron chi connectivity index (χ0n) is 8.72. The Labute approximate surface area is 94.0 Å². The fourth-order valence-corrected chi connectivity index (χ4v) is 1.85. The molecule has 0 aliphatic carbocycles. The van der Waals surface area contributed by atoms with Crippen molar-refractivity contribution in [3.63, 3.8) is 0 Å². The third-order valence-electron chi connectivity index (χ3n) is 2.60. The largest absolute Gasteiger partial charge is 0.364 e. The average Bonchev–Trinajstić information content (AvgIpc) is 2.82. The molecular weight excluding hydrogens is 196 g/mol. The van der Waals surface area contributed by atoms with E-state index in [1.54, 1.807) is 0 Å². The first kappa shape index (κ1) is 9.16. The number of aromatic nitrogens is 2. The highest BCUT2D eigenvalue weighted by atomic mass is 14.7. The lowest BCUT2D eigenvalue weighted by Crippen LogP contribution is -1.89. The molecule has 0 aliphatic heterocycles. The number of nitrogens with zero attached hydrogens (tertiary/aromatic N) is 1. The molecule has 0 amide bonds. The van der Waals surface area contributed by atoms with E-state index in [9.17, 15) is 0 Å². The van der Waals surface area contributed by atoms with Crippen LogP contribution in [0.3, 0.4) is 0 Å². The normalized spacial score (nSPS) is 10.8. The third kappa shape index (κ3) is 1.58. The molecule has 1 aromatic carbocycles. The van der Waals surface area contributed by atoms with Gasteiger partial charge in [-0.1, -0.05) is 24.3 Å². The summed E-state index contributed by atoms with van der Waals surface area (Å²) in [6, 6.07) is 14.3. The van der Waals surface area contributed by atoms with Gasteiger partial charge in [0, 0.05) is 29.9 Å². The lowest BCUT2D eigenvalue weighted by Gasteiger charge is -2.03. The van der Waals surface area contributed by atoms with E-state index in [1.165, 1.54) is 5.39 Å². The summed E-state index contributed by atoms with van der Waals surface area (Å²) >= 11 is 0. The molecule has 2 nitrogen and oxygen atoms in total. The van der Waals surface area contributed by atoms with Crippen molar-refractivity contribution >= 4 is 10.9 Å². The smallest absolute Gasteiger partial charge is 0.0741 e. The number of pyridine rings is 1. The average molecular weight is 207 g/mol. The topological polar surface area (TPSA) is 28.7 Å². The molecule has 0 fully saturated rings. The maximum atomic E-state index is 4.42. The van der Waals surface area contributed by atoms with Crippen LogP contribution in [0.2, 0.25) is 0 Å². The van der Waals surface area contributed by atoms with Crippen molar-refractivity contribution in [2.75, 3.05) is 0 Å². The van der Waals surface area contributed by atoms with Gasteiger partial charge in [-0.25, -0.2) is 0 Å². The molecule has 2 aromatic heterocycles. The molecule has 3 rings (SSSR count). The van der Waals surface area contributed by atoms with E-state index in [2.05, 4.69) is 40.7 Å². The zero-order chi connectivity index (χ0) is 10.8. The molecule has 2 heteroatoms. The molecule has 3 aromatic rings. The van der Waals surface area contributed by atoms with Crippen molar-refractivity contribution in [3.05, 3.63) is 72.5 Å². The fourth-order valence-electron chi connectivity index (χ4n) is 1.85. The van der Waals surface area contributed by atoms with Gasteiger partial charge in [-0.15, -0.1) is 0 Å². The van der Waals surface area contributed by atoms with Gasteiger partial charge in [-0.2, -0.15) is 0 Å². The van der Waals surface area contributed by atoms with Gasteiger partial charge in [0.25, 0.3) is 0 Å². The predicted octanol–water partition coefficient (Wildman–Crippen LogP) is 3.16. The van der Waals surface area contributed by atoms with Crippen molar-refractivity contribution in [1.82, 2.24) is 9.97 Å². The van der Waals surface area contributed by atoms with E-state index in [0.717, 1.165) is 16.8 Å². The SMILES string of the molecule is [CH](c1ccc[nH]1)c1cccc2cccnc12. The minimum Gasteiger partial charge on any atom is -0.364 e. The summed E-state index contributed by atoms with van der Waals surface area (Å²) in [6.45, 7) is 0. The lowest BCUT2D eigenvalue weighted by atomic mass is 10.1. The number of H-pyrrole nitrogens is 1. The Bertz CT molecular complexity index is 592. The second-order valence-corrected chi connectivity index (χ2v) is 3.69. The highest BCUT2D eigenvalue weighted by Gasteiger charge is 2.03. The minimum atomic E-state index is 1.04. The number of nitrogens with one attached hydrogen (secondary N) is 1. The van der Waals surface area contributed by atoms with Gasteiger partial charge < -0.3 is 4.98 Å². The Morgan fingerprint density at radius 3 is 2.81 bits per heavy atom. The summed E-state index contributed by atoms with van der Waals surface area (Å²) in [4.78, 5) is 7.58. The summed E-state index contributed by atoms with van der Waals surface area (Å²) in [5.41, 5.74) is 3.28. The highest BCUT2D eigenvalue weighted by molar-refractivity contribution is 5.83. The molecule has 0 aliphatic rings. The van der Waals surface area contributed by atoms with Gasteiger partial charge in [0.05, 0.1) is 5.52 Å². The van der Waals surface area contributed by atoms with Gasteiger partial charge in [0.15, 0.2) is 0 Å². The summed E-state index contributed by atoms with van der Waals surface area (Å²) in [6.07, 6.45) is 5.86. The summed E-state index contributed by atoms with van der Waals surface area (Å²) < 4.78 is 0. The van der Waals surface area contributed by atoms with E-state index >= 15 is 0 Å². The van der Waals surface area contributed by atoms with Crippen molar-refractivity contribution in [2.45, 2.75) is 0 Å². The molecule has 77 valence electrons. The van der Waals surface area contributed by atoms with E-state index in [-0.39, 0.29) is 0 Å². The third-order valence-corrected chi connectivity index (χ3v) is 2.60. The van der Waals surface area contributed by atoms with Crippen LogP contribution in [0.4, 0.5) is 0 Å². The first-order valence-electron chi connectivity index (χ1n) is 5.25. The number of hydrogen-bond donors (Lipinski definition) is 1. The van der Waals surface area contributed by atoms with E-state index in [4.69, 9.17) is 0 Å². The molecule has 0 saturated heterocycles. The van der Waals surface area contributed by atoms with Crippen molar-refractivity contribution in [1.29, 1.82) is 0 Å². The Hall–Kier alpha value is -2.09. The number of benzene rings is 1. The Morgan fingerprint density at radius 1 is 1.00 bits per heavy atom. The van der Waals surface area contributed by atoms with Crippen LogP contribution in [0.5, 0.6) is 0 Å². The van der Waals surface area contributed by atoms with Crippen LogP contribution >= 0.6 is 0 Å². The lowest BCUT2D eigenvalue weighted by molar-refractivity contribution is 1.27. The maximum Gasteiger partial charge on any atom is 0.0741 e. The van der Waals surface area contributed by atoms with Crippen LogP contribution in [0.1, 0.15) is 11.3 Å². The first-order chi connectivity index (χ1) is 7.93. The Morgan fingerprint density at radius 2 is 1.94 bits per heavy atom. The standard InChI is InChI=1S/C14H11N2/c1-4-11-6-2-9-16-14(11)12(5-1)10-13-7-3-8-15-13/h1-10,15H. The molecule has 1 N–H and O–H groups in total. The number of rotatable bonds is 2. The minimum absolute atomic E-state index is 1.04. The number of fused-ring (bicyclic) bond motifs is 1. The van der Waals surface area contributed by atoms with Crippen LogP contribution in [0.25, 0.3) is 10.9 Å². The van der Waals surface area contributed by atoms with Gasteiger partial charge >= 0.3 is 0 Å². The number of hydrogen-bond acceptors (Lipinski definition) is 1. The Balaban J connectivity index is 2.10. The van der Waals surface area contributed by atoms with E-state index in [0.29, 0.717) is 0 Å².